The number of carbonyl (C=O) groups is 2. The number of piperazine rings is 1. The van der Waals surface area contributed by atoms with Crippen molar-refractivity contribution in [3.8, 4) is 0 Å². The van der Waals surface area contributed by atoms with Crippen molar-refractivity contribution in [2.75, 3.05) is 26.2 Å². The molecule has 170 valence electrons. The number of carbonyl (C=O) groups excluding carboxylic acids is 2. The molecule has 2 fully saturated rings. The lowest BCUT2D eigenvalue weighted by molar-refractivity contribution is -0.129. The Hall–Kier alpha value is -2.80. The van der Waals surface area contributed by atoms with Crippen LogP contribution in [0.25, 0.3) is 0 Å². The number of hydrogen-bond acceptors (Lipinski definition) is 3. The highest BCUT2D eigenvalue weighted by atomic mass is 19.1. The number of nitrogens with one attached hydrogen (secondary N) is 1. The first-order valence-electron chi connectivity index (χ1n) is 11.3. The average Bonchev–Trinajstić information content (AvgIpc) is 3.33. The van der Waals surface area contributed by atoms with Crippen LogP contribution >= 0.6 is 0 Å². The Kier molecular flexibility index (Phi) is 7.15. The van der Waals surface area contributed by atoms with Crippen molar-refractivity contribution in [1.29, 1.82) is 0 Å². The van der Waals surface area contributed by atoms with Crippen LogP contribution in [0.3, 0.4) is 0 Å². The van der Waals surface area contributed by atoms with Crippen molar-refractivity contribution in [2.24, 2.45) is 5.92 Å². The normalized spacial score (nSPS) is 18.5. The molecule has 1 saturated carbocycles. The van der Waals surface area contributed by atoms with Crippen LogP contribution in [0.4, 0.5) is 8.78 Å². The molecular weight excluding hydrogens is 412 g/mol. The van der Waals surface area contributed by atoms with Crippen molar-refractivity contribution >= 4 is 11.8 Å². The molecule has 5 nitrogen and oxygen atoms in total. The molecule has 4 rings (SSSR count). The highest BCUT2D eigenvalue weighted by molar-refractivity contribution is 5.94. The van der Waals surface area contributed by atoms with E-state index in [4.69, 9.17) is 0 Å². The first-order valence-corrected chi connectivity index (χ1v) is 11.3. The van der Waals surface area contributed by atoms with Gasteiger partial charge < -0.3 is 10.2 Å². The highest BCUT2D eigenvalue weighted by Gasteiger charge is 2.37. The largest absolute Gasteiger partial charge is 0.351 e. The number of amides is 2. The van der Waals surface area contributed by atoms with Crippen LogP contribution in [-0.4, -0.2) is 53.8 Å². The van der Waals surface area contributed by atoms with Crippen LogP contribution in [0.5, 0.6) is 0 Å². The summed E-state index contributed by atoms with van der Waals surface area (Å²) in [5.41, 5.74) is 1.21. The minimum Gasteiger partial charge on any atom is -0.351 e. The third-order valence-corrected chi connectivity index (χ3v) is 6.56. The Labute approximate surface area is 187 Å². The predicted molar refractivity (Wildman–Crippen MR) is 118 cm³/mol. The molecule has 1 heterocycles. The second-order valence-corrected chi connectivity index (χ2v) is 8.67. The van der Waals surface area contributed by atoms with Gasteiger partial charge in [-0.3, -0.25) is 14.5 Å². The van der Waals surface area contributed by atoms with Gasteiger partial charge >= 0.3 is 0 Å². The fourth-order valence-corrected chi connectivity index (χ4v) is 4.85. The number of nitrogens with zero attached hydrogens (tertiary/aromatic N) is 2. The Bertz CT molecular complexity index is 936. The van der Waals surface area contributed by atoms with Gasteiger partial charge in [0, 0.05) is 38.3 Å². The second kappa shape index (κ2) is 10.2. The molecular formula is C25H29F2N3O2. The predicted octanol–water partition coefficient (Wildman–Crippen LogP) is 3.60. The number of rotatable bonds is 6. The topological polar surface area (TPSA) is 52.7 Å². The monoisotopic (exact) mass is 441 g/mol. The van der Waals surface area contributed by atoms with Gasteiger partial charge in [-0.2, -0.15) is 0 Å². The Morgan fingerprint density at radius 2 is 1.62 bits per heavy atom. The molecule has 2 amide bonds. The van der Waals surface area contributed by atoms with Crippen molar-refractivity contribution in [1.82, 2.24) is 15.1 Å². The number of hydrogen-bond donors (Lipinski definition) is 1. The summed E-state index contributed by atoms with van der Waals surface area (Å²) < 4.78 is 26.6. The third-order valence-electron chi connectivity index (χ3n) is 6.56. The molecule has 1 aliphatic heterocycles. The lowest BCUT2D eigenvalue weighted by Crippen LogP contribution is -2.57. The third kappa shape index (κ3) is 5.33. The van der Waals surface area contributed by atoms with Crippen LogP contribution in [0.15, 0.2) is 48.5 Å². The maximum absolute atomic E-state index is 13.5. The molecule has 0 aromatic heterocycles. The van der Waals surface area contributed by atoms with E-state index in [0.29, 0.717) is 44.2 Å². The van der Waals surface area contributed by atoms with Crippen molar-refractivity contribution in [2.45, 2.75) is 38.3 Å². The van der Waals surface area contributed by atoms with E-state index in [0.717, 1.165) is 31.2 Å². The summed E-state index contributed by atoms with van der Waals surface area (Å²) >= 11 is 0. The molecule has 0 spiro atoms. The number of benzene rings is 2. The average molecular weight is 442 g/mol. The van der Waals surface area contributed by atoms with Gasteiger partial charge in [0.05, 0.1) is 6.04 Å². The van der Waals surface area contributed by atoms with Crippen LogP contribution in [0.1, 0.15) is 41.6 Å². The molecule has 1 saturated heterocycles. The maximum Gasteiger partial charge on any atom is 0.254 e. The van der Waals surface area contributed by atoms with Crippen molar-refractivity contribution in [3.05, 3.63) is 71.3 Å². The molecule has 7 heteroatoms. The molecule has 32 heavy (non-hydrogen) atoms. The molecule has 2 aliphatic rings. The first kappa shape index (κ1) is 22.4. The Morgan fingerprint density at radius 1 is 0.938 bits per heavy atom. The van der Waals surface area contributed by atoms with E-state index in [1.807, 2.05) is 0 Å². The summed E-state index contributed by atoms with van der Waals surface area (Å²) in [6, 6.07) is 11.7. The second-order valence-electron chi connectivity index (χ2n) is 8.67. The van der Waals surface area contributed by atoms with E-state index in [-0.39, 0.29) is 23.7 Å². The zero-order valence-corrected chi connectivity index (χ0v) is 18.1. The summed E-state index contributed by atoms with van der Waals surface area (Å²) in [7, 11) is 0. The van der Waals surface area contributed by atoms with Gasteiger partial charge in [0.25, 0.3) is 5.91 Å². The zero-order valence-electron chi connectivity index (χ0n) is 18.1. The Morgan fingerprint density at radius 3 is 2.28 bits per heavy atom. The molecule has 2 aromatic rings. The quantitative estimate of drug-likeness (QED) is 0.745. The van der Waals surface area contributed by atoms with Crippen molar-refractivity contribution in [3.63, 3.8) is 0 Å². The van der Waals surface area contributed by atoms with E-state index in [9.17, 15) is 18.4 Å². The smallest absolute Gasteiger partial charge is 0.254 e. The van der Waals surface area contributed by atoms with E-state index in [1.165, 1.54) is 24.3 Å². The number of halogens is 2. The summed E-state index contributed by atoms with van der Waals surface area (Å²) in [6.07, 6.45) is 4.31. The maximum atomic E-state index is 13.5. The summed E-state index contributed by atoms with van der Waals surface area (Å²) in [5.74, 6) is -0.606. The summed E-state index contributed by atoms with van der Waals surface area (Å²) in [6.45, 7) is 2.58. The minimum atomic E-state index is -0.423. The fourth-order valence-electron chi connectivity index (χ4n) is 4.85. The van der Waals surface area contributed by atoms with Gasteiger partial charge in [0.1, 0.15) is 11.6 Å². The van der Waals surface area contributed by atoms with Crippen LogP contribution in [-0.2, 0) is 11.3 Å². The van der Waals surface area contributed by atoms with Gasteiger partial charge in [0.15, 0.2) is 0 Å². The lowest BCUT2D eigenvalue weighted by atomic mass is 9.94. The van der Waals surface area contributed by atoms with Crippen LogP contribution < -0.4 is 5.32 Å². The van der Waals surface area contributed by atoms with Crippen LogP contribution in [0.2, 0.25) is 0 Å². The van der Waals surface area contributed by atoms with Gasteiger partial charge in [0.2, 0.25) is 5.91 Å². The molecule has 1 N–H and O–H groups in total. The van der Waals surface area contributed by atoms with E-state index < -0.39 is 5.82 Å². The molecule has 2 aromatic carbocycles. The lowest BCUT2D eigenvalue weighted by Gasteiger charge is -2.40. The molecule has 1 aliphatic carbocycles. The van der Waals surface area contributed by atoms with Gasteiger partial charge in [-0.15, -0.1) is 0 Å². The molecule has 0 unspecified atom stereocenters. The van der Waals surface area contributed by atoms with Gasteiger partial charge in [-0.25, -0.2) is 8.78 Å². The van der Waals surface area contributed by atoms with Gasteiger partial charge in [-0.05, 0) is 54.7 Å². The van der Waals surface area contributed by atoms with E-state index in [1.54, 1.807) is 29.2 Å². The highest BCUT2D eigenvalue weighted by Crippen LogP contribution is 2.31. The summed E-state index contributed by atoms with van der Waals surface area (Å²) in [5, 5.41) is 3.03. The SMILES string of the molecule is O=C(NCc1ccc(F)cc1)[C@@H](C1CCCC1)N1CCN(C(=O)c2cccc(F)c2)CC1. The van der Waals surface area contributed by atoms with Gasteiger partial charge in [-0.1, -0.05) is 31.0 Å². The minimum absolute atomic E-state index is 0.00821. The summed E-state index contributed by atoms with van der Waals surface area (Å²) in [4.78, 5) is 29.8. The molecule has 1 atom stereocenters. The first-order chi connectivity index (χ1) is 15.5. The van der Waals surface area contributed by atoms with Crippen molar-refractivity contribution < 1.29 is 18.4 Å². The standard InChI is InChI=1S/C25H29F2N3O2/c26-21-10-8-18(9-11-21)17-28-24(31)23(19-4-1-2-5-19)29-12-14-30(15-13-29)25(32)20-6-3-7-22(27)16-20/h3,6-11,16,19,23H,1-2,4-5,12-15,17H2,(H,28,31)/t23-/m1/s1. The van der Waals surface area contributed by atoms with E-state index in [2.05, 4.69) is 10.2 Å². The molecule has 0 radical (unpaired) electrons. The fraction of sp³-hybridized carbons (Fsp3) is 0.440. The Balaban J connectivity index is 1.38. The zero-order chi connectivity index (χ0) is 22.5. The van der Waals surface area contributed by atoms with Crippen LogP contribution in [0, 0.1) is 17.6 Å². The van der Waals surface area contributed by atoms with E-state index >= 15 is 0 Å². The molecule has 0 bridgehead atoms.